The Balaban J connectivity index is 1.82. The molecule has 3 rings (SSSR count). The van der Waals surface area contributed by atoms with E-state index in [4.69, 9.17) is 0 Å². The van der Waals surface area contributed by atoms with Gasteiger partial charge in [0.05, 0.1) is 21.8 Å². The number of benzene rings is 1. The van der Waals surface area contributed by atoms with Gasteiger partial charge in [-0.1, -0.05) is 11.3 Å². The van der Waals surface area contributed by atoms with E-state index in [1.165, 1.54) is 29.8 Å². The lowest BCUT2D eigenvalue weighted by Crippen LogP contribution is -2.04. The SMILES string of the molecule is Cc1nc(Nc2ccc(C(F)(F)F)cc2)sc1-c1ccncn1. The molecule has 0 radical (unpaired) electrons. The minimum atomic E-state index is -4.34. The molecule has 0 amide bonds. The topological polar surface area (TPSA) is 50.7 Å². The maximum atomic E-state index is 12.5. The first-order chi connectivity index (χ1) is 10.9. The van der Waals surface area contributed by atoms with Gasteiger partial charge in [0, 0.05) is 11.9 Å². The van der Waals surface area contributed by atoms with E-state index in [9.17, 15) is 13.2 Å². The fraction of sp³-hybridized carbons (Fsp3) is 0.133. The molecule has 0 bridgehead atoms. The second kappa shape index (κ2) is 5.96. The van der Waals surface area contributed by atoms with E-state index < -0.39 is 11.7 Å². The molecule has 3 aromatic rings. The Kier molecular flexibility index (Phi) is 3.99. The second-order valence-electron chi connectivity index (χ2n) is 4.73. The minimum absolute atomic E-state index is 0.543. The molecule has 0 aliphatic rings. The molecule has 0 saturated heterocycles. The number of hydrogen-bond donors (Lipinski definition) is 1. The maximum Gasteiger partial charge on any atom is 0.416 e. The summed E-state index contributed by atoms with van der Waals surface area (Å²) >= 11 is 1.38. The maximum absolute atomic E-state index is 12.5. The van der Waals surface area contributed by atoms with Crippen LogP contribution < -0.4 is 5.32 Å². The van der Waals surface area contributed by atoms with Gasteiger partial charge in [0.1, 0.15) is 6.33 Å². The van der Waals surface area contributed by atoms with Crippen LogP contribution in [0.5, 0.6) is 0 Å². The third kappa shape index (κ3) is 3.48. The summed E-state index contributed by atoms with van der Waals surface area (Å²) in [5, 5.41) is 3.60. The summed E-state index contributed by atoms with van der Waals surface area (Å²) in [7, 11) is 0. The molecule has 1 aromatic carbocycles. The molecule has 2 heterocycles. The van der Waals surface area contributed by atoms with Gasteiger partial charge in [-0.05, 0) is 37.3 Å². The number of alkyl halides is 3. The van der Waals surface area contributed by atoms with Gasteiger partial charge >= 0.3 is 6.18 Å². The summed E-state index contributed by atoms with van der Waals surface area (Å²) < 4.78 is 37.6. The molecule has 8 heteroatoms. The average Bonchev–Trinajstić information content (AvgIpc) is 2.88. The van der Waals surface area contributed by atoms with Crippen molar-refractivity contribution in [3.05, 3.63) is 54.1 Å². The van der Waals surface area contributed by atoms with Crippen LogP contribution in [0.2, 0.25) is 0 Å². The van der Waals surface area contributed by atoms with Crippen molar-refractivity contribution in [1.82, 2.24) is 15.0 Å². The van der Waals surface area contributed by atoms with E-state index >= 15 is 0 Å². The van der Waals surface area contributed by atoms with E-state index in [0.29, 0.717) is 10.8 Å². The van der Waals surface area contributed by atoms with Gasteiger partial charge in [0.25, 0.3) is 0 Å². The van der Waals surface area contributed by atoms with Gasteiger partial charge in [0.2, 0.25) is 0 Å². The molecule has 0 aliphatic carbocycles. The van der Waals surface area contributed by atoms with E-state index in [-0.39, 0.29) is 0 Å². The second-order valence-corrected chi connectivity index (χ2v) is 5.73. The van der Waals surface area contributed by atoms with Crippen LogP contribution in [0.15, 0.2) is 42.9 Å². The third-order valence-corrected chi connectivity index (χ3v) is 4.17. The highest BCUT2D eigenvalue weighted by Gasteiger charge is 2.29. The molecule has 1 N–H and O–H groups in total. The standard InChI is InChI=1S/C15H11F3N4S/c1-9-13(12-6-7-19-8-20-12)23-14(21-9)22-11-4-2-10(3-5-11)15(16,17)18/h2-8H,1H3,(H,21,22). The van der Waals surface area contributed by atoms with Crippen molar-refractivity contribution in [3.8, 4) is 10.6 Å². The highest BCUT2D eigenvalue weighted by Crippen LogP contribution is 2.34. The minimum Gasteiger partial charge on any atom is -0.332 e. The zero-order valence-electron chi connectivity index (χ0n) is 11.9. The van der Waals surface area contributed by atoms with Gasteiger partial charge in [0.15, 0.2) is 5.13 Å². The fourth-order valence-corrected chi connectivity index (χ4v) is 2.94. The number of aromatic nitrogens is 3. The lowest BCUT2D eigenvalue weighted by atomic mass is 10.2. The summed E-state index contributed by atoms with van der Waals surface area (Å²) in [4.78, 5) is 13.3. The Labute approximate surface area is 134 Å². The van der Waals surface area contributed by atoms with Crippen LogP contribution in [0.4, 0.5) is 24.0 Å². The van der Waals surface area contributed by atoms with Gasteiger partial charge in [-0.2, -0.15) is 13.2 Å². The molecule has 0 atom stereocenters. The predicted octanol–water partition coefficient (Wildman–Crippen LogP) is 4.67. The number of nitrogens with zero attached hydrogens (tertiary/aromatic N) is 3. The van der Waals surface area contributed by atoms with E-state index in [1.807, 2.05) is 6.92 Å². The smallest absolute Gasteiger partial charge is 0.332 e. The molecular formula is C15H11F3N4S. The van der Waals surface area contributed by atoms with E-state index in [0.717, 1.165) is 28.4 Å². The van der Waals surface area contributed by atoms with Crippen LogP contribution in [-0.2, 0) is 6.18 Å². The number of rotatable bonds is 3. The van der Waals surface area contributed by atoms with Crippen LogP contribution in [0.3, 0.4) is 0 Å². The van der Waals surface area contributed by atoms with Crippen LogP contribution in [-0.4, -0.2) is 15.0 Å². The number of hydrogen-bond acceptors (Lipinski definition) is 5. The summed E-state index contributed by atoms with van der Waals surface area (Å²) in [6.45, 7) is 1.85. The first-order valence-electron chi connectivity index (χ1n) is 6.61. The van der Waals surface area contributed by atoms with Crippen molar-refractivity contribution in [2.24, 2.45) is 0 Å². The molecule has 2 aromatic heterocycles. The van der Waals surface area contributed by atoms with Crippen molar-refractivity contribution in [2.45, 2.75) is 13.1 Å². The first kappa shape index (κ1) is 15.4. The number of halogens is 3. The molecule has 23 heavy (non-hydrogen) atoms. The number of anilines is 2. The first-order valence-corrected chi connectivity index (χ1v) is 7.43. The van der Waals surface area contributed by atoms with Crippen molar-refractivity contribution in [2.75, 3.05) is 5.32 Å². The molecule has 0 unspecified atom stereocenters. The zero-order chi connectivity index (χ0) is 16.4. The normalized spacial score (nSPS) is 11.5. The molecular weight excluding hydrogens is 325 g/mol. The average molecular weight is 336 g/mol. The number of aryl methyl sites for hydroxylation is 1. The monoisotopic (exact) mass is 336 g/mol. The summed E-state index contributed by atoms with van der Waals surface area (Å²) in [5.41, 5.74) is 1.42. The summed E-state index contributed by atoms with van der Waals surface area (Å²) in [6, 6.07) is 6.61. The lowest BCUT2D eigenvalue weighted by molar-refractivity contribution is -0.137. The van der Waals surface area contributed by atoms with Crippen molar-refractivity contribution >= 4 is 22.2 Å². The highest BCUT2D eigenvalue weighted by molar-refractivity contribution is 7.19. The highest BCUT2D eigenvalue weighted by atomic mass is 32.1. The van der Waals surface area contributed by atoms with Crippen molar-refractivity contribution < 1.29 is 13.2 Å². The Bertz CT molecular complexity index is 798. The number of thiazole rings is 1. The van der Waals surface area contributed by atoms with Crippen LogP contribution in [0.1, 0.15) is 11.3 Å². The molecule has 4 nitrogen and oxygen atoms in total. The Morgan fingerprint density at radius 2 is 1.83 bits per heavy atom. The molecule has 118 valence electrons. The molecule has 0 aliphatic heterocycles. The van der Waals surface area contributed by atoms with Gasteiger partial charge < -0.3 is 5.32 Å². The zero-order valence-corrected chi connectivity index (χ0v) is 12.7. The quantitative estimate of drug-likeness (QED) is 0.755. The van der Waals surface area contributed by atoms with Gasteiger partial charge in [-0.25, -0.2) is 15.0 Å². The molecule has 0 saturated carbocycles. The van der Waals surface area contributed by atoms with Gasteiger partial charge in [-0.3, -0.25) is 0 Å². The van der Waals surface area contributed by atoms with Crippen molar-refractivity contribution in [1.29, 1.82) is 0 Å². The van der Waals surface area contributed by atoms with Crippen LogP contribution >= 0.6 is 11.3 Å². The number of nitrogens with one attached hydrogen (secondary N) is 1. The third-order valence-electron chi connectivity index (χ3n) is 3.07. The fourth-order valence-electron chi connectivity index (χ4n) is 1.98. The van der Waals surface area contributed by atoms with Gasteiger partial charge in [-0.15, -0.1) is 0 Å². The summed E-state index contributed by atoms with van der Waals surface area (Å²) in [5.74, 6) is 0. The van der Waals surface area contributed by atoms with E-state index in [2.05, 4.69) is 20.3 Å². The van der Waals surface area contributed by atoms with E-state index in [1.54, 1.807) is 12.3 Å². The largest absolute Gasteiger partial charge is 0.416 e. The Hall–Kier alpha value is -2.48. The summed E-state index contributed by atoms with van der Waals surface area (Å²) in [6.07, 6.45) is -1.24. The Morgan fingerprint density at radius 1 is 1.09 bits per heavy atom. The molecule has 0 fully saturated rings. The lowest BCUT2D eigenvalue weighted by Gasteiger charge is -2.07. The Morgan fingerprint density at radius 3 is 2.43 bits per heavy atom. The van der Waals surface area contributed by atoms with Crippen LogP contribution in [0, 0.1) is 6.92 Å². The predicted molar refractivity (Wildman–Crippen MR) is 82.6 cm³/mol. The molecule has 0 spiro atoms. The van der Waals surface area contributed by atoms with Crippen molar-refractivity contribution in [3.63, 3.8) is 0 Å². The van der Waals surface area contributed by atoms with Crippen LogP contribution in [0.25, 0.3) is 10.6 Å².